The van der Waals surface area contributed by atoms with Crippen molar-refractivity contribution in [1.82, 2.24) is 15.1 Å². The Morgan fingerprint density at radius 1 is 0.917 bits per heavy atom. The molecule has 2 saturated heterocycles. The van der Waals surface area contributed by atoms with Gasteiger partial charge in [0.1, 0.15) is 5.37 Å². The fraction of sp³-hybridized carbons (Fsp3) is 0.310. The van der Waals surface area contributed by atoms with E-state index in [1.54, 1.807) is 11.8 Å². The third kappa shape index (κ3) is 6.12. The van der Waals surface area contributed by atoms with Crippen molar-refractivity contribution in [2.24, 2.45) is 0 Å². The Balaban J connectivity index is 1.19. The second-order valence-electron chi connectivity index (χ2n) is 9.42. The number of nitrogens with one attached hydrogen (secondary N) is 1. The van der Waals surface area contributed by atoms with Crippen LogP contribution in [0.1, 0.15) is 50.8 Å². The van der Waals surface area contributed by atoms with E-state index in [1.165, 1.54) is 31.5 Å². The number of likely N-dealkylation sites (tertiary alicyclic amines) is 1. The van der Waals surface area contributed by atoms with Gasteiger partial charge in [-0.2, -0.15) is 0 Å². The summed E-state index contributed by atoms with van der Waals surface area (Å²) in [6.45, 7) is 4.34. The van der Waals surface area contributed by atoms with E-state index in [0.717, 1.165) is 23.2 Å². The van der Waals surface area contributed by atoms with Gasteiger partial charge in [0, 0.05) is 30.2 Å². The second kappa shape index (κ2) is 11.5. The second-order valence-corrected chi connectivity index (χ2v) is 10.9. The largest absolute Gasteiger partial charge is 0.348 e. The molecular formula is C29H30ClN3O2S. The van der Waals surface area contributed by atoms with E-state index in [0.29, 0.717) is 29.4 Å². The van der Waals surface area contributed by atoms with Crippen LogP contribution in [0.2, 0.25) is 5.02 Å². The number of carbonyl (C=O) groups excluding carboxylic acids is 2. The van der Waals surface area contributed by atoms with Crippen LogP contribution < -0.4 is 5.32 Å². The highest BCUT2D eigenvalue weighted by molar-refractivity contribution is 8.00. The number of nitrogens with zero attached hydrogens (tertiary/aromatic N) is 2. The number of carbonyl (C=O) groups is 2. The molecule has 0 saturated carbocycles. The normalized spacial score (nSPS) is 18.1. The van der Waals surface area contributed by atoms with Crippen LogP contribution in [0.4, 0.5) is 0 Å². The lowest BCUT2D eigenvalue weighted by molar-refractivity contribution is -0.128. The highest BCUT2D eigenvalue weighted by atomic mass is 35.5. The summed E-state index contributed by atoms with van der Waals surface area (Å²) in [6, 6.07) is 23.7. The van der Waals surface area contributed by atoms with E-state index >= 15 is 0 Å². The lowest BCUT2D eigenvalue weighted by atomic mass is 10.1. The summed E-state index contributed by atoms with van der Waals surface area (Å²) < 4.78 is 0. The Hall–Kier alpha value is -2.80. The number of hydrogen-bond acceptors (Lipinski definition) is 4. The van der Waals surface area contributed by atoms with Crippen molar-refractivity contribution in [2.45, 2.75) is 37.8 Å². The lowest BCUT2D eigenvalue weighted by Crippen LogP contribution is -2.27. The third-order valence-corrected chi connectivity index (χ3v) is 8.25. The third-order valence-electron chi connectivity index (χ3n) is 6.74. The van der Waals surface area contributed by atoms with Crippen LogP contribution >= 0.6 is 23.4 Å². The van der Waals surface area contributed by atoms with Crippen LogP contribution in [0.15, 0.2) is 72.8 Å². The Morgan fingerprint density at radius 2 is 1.64 bits per heavy atom. The van der Waals surface area contributed by atoms with E-state index in [1.807, 2.05) is 53.4 Å². The predicted molar refractivity (Wildman–Crippen MR) is 146 cm³/mol. The SMILES string of the molecule is O=C(NCc1cccc(CN2CCCC2)c1)c1ccc([C@@H]2SCC(=O)N2Cc2ccc(Cl)cc2)cc1. The molecule has 2 amide bonds. The zero-order valence-corrected chi connectivity index (χ0v) is 21.7. The molecule has 5 nitrogen and oxygen atoms in total. The van der Waals surface area contributed by atoms with E-state index in [-0.39, 0.29) is 17.2 Å². The molecule has 2 heterocycles. The molecule has 1 atom stereocenters. The first-order chi connectivity index (χ1) is 17.5. The fourth-order valence-corrected chi connectivity index (χ4v) is 6.12. The van der Waals surface area contributed by atoms with E-state index in [4.69, 9.17) is 11.6 Å². The summed E-state index contributed by atoms with van der Waals surface area (Å²) in [5.41, 5.74) is 5.08. The minimum Gasteiger partial charge on any atom is -0.348 e. The fourth-order valence-electron chi connectivity index (χ4n) is 4.81. The quantitative estimate of drug-likeness (QED) is 0.418. The lowest BCUT2D eigenvalue weighted by Gasteiger charge is -2.24. The highest BCUT2D eigenvalue weighted by Gasteiger charge is 2.32. The Kier molecular flexibility index (Phi) is 7.95. The highest BCUT2D eigenvalue weighted by Crippen LogP contribution is 2.39. The first-order valence-corrected chi connectivity index (χ1v) is 13.8. The average Bonchev–Trinajstić information content (AvgIpc) is 3.54. The Bertz CT molecular complexity index is 1210. The van der Waals surface area contributed by atoms with Crippen LogP contribution in [0.3, 0.4) is 0 Å². The number of halogens is 1. The van der Waals surface area contributed by atoms with Gasteiger partial charge in [0.2, 0.25) is 5.91 Å². The first kappa shape index (κ1) is 24.9. The van der Waals surface area contributed by atoms with Gasteiger partial charge in [-0.1, -0.05) is 60.1 Å². The van der Waals surface area contributed by atoms with Gasteiger partial charge in [-0.3, -0.25) is 14.5 Å². The standard InChI is InChI=1S/C29H30ClN3O2S/c30-26-12-6-21(7-13-26)19-33-27(34)20-36-29(33)25-10-8-24(9-11-25)28(35)31-17-22-4-3-5-23(16-22)18-32-14-1-2-15-32/h3-13,16,29H,1-2,14-15,17-20H2,(H,31,35)/t29-/m0/s1. The van der Waals surface area contributed by atoms with Gasteiger partial charge in [-0.05, 0) is 72.5 Å². The maximum absolute atomic E-state index is 12.8. The molecule has 2 aliphatic heterocycles. The first-order valence-electron chi connectivity index (χ1n) is 12.4. The molecule has 5 rings (SSSR count). The zero-order valence-electron chi connectivity index (χ0n) is 20.2. The molecule has 186 valence electrons. The van der Waals surface area contributed by atoms with Gasteiger partial charge in [-0.25, -0.2) is 0 Å². The van der Waals surface area contributed by atoms with Crippen molar-refractivity contribution < 1.29 is 9.59 Å². The molecule has 0 aliphatic carbocycles. The van der Waals surface area contributed by atoms with Crippen molar-refractivity contribution in [3.8, 4) is 0 Å². The monoisotopic (exact) mass is 519 g/mol. The van der Waals surface area contributed by atoms with Crippen LogP contribution in [0, 0.1) is 0 Å². The molecular weight excluding hydrogens is 490 g/mol. The molecule has 0 spiro atoms. The minimum atomic E-state index is -0.0975. The molecule has 7 heteroatoms. The van der Waals surface area contributed by atoms with Crippen molar-refractivity contribution in [1.29, 1.82) is 0 Å². The average molecular weight is 520 g/mol. The molecule has 3 aromatic rings. The summed E-state index contributed by atoms with van der Waals surface area (Å²) in [5.74, 6) is 0.477. The summed E-state index contributed by atoms with van der Waals surface area (Å²) in [7, 11) is 0. The van der Waals surface area contributed by atoms with Crippen LogP contribution in [0.5, 0.6) is 0 Å². The number of hydrogen-bond donors (Lipinski definition) is 1. The molecule has 2 aliphatic rings. The molecule has 0 bridgehead atoms. The zero-order chi connectivity index (χ0) is 24.9. The minimum absolute atomic E-state index is 0.0661. The number of benzene rings is 3. The van der Waals surface area contributed by atoms with Crippen molar-refractivity contribution in [2.75, 3.05) is 18.8 Å². The topological polar surface area (TPSA) is 52.7 Å². The van der Waals surface area contributed by atoms with Gasteiger partial charge in [-0.15, -0.1) is 11.8 Å². The van der Waals surface area contributed by atoms with Crippen LogP contribution in [0.25, 0.3) is 0 Å². The van der Waals surface area contributed by atoms with E-state index in [9.17, 15) is 9.59 Å². The summed E-state index contributed by atoms with van der Waals surface area (Å²) in [4.78, 5) is 29.7. The van der Waals surface area contributed by atoms with Gasteiger partial charge in [0.15, 0.2) is 0 Å². The Morgan fingerprint density at radius 3 is 2.39 bits per heavy atom. The summed E-state index contributed by atoms with van der Waals surface area (Å²) >= 11 is 7.61. The van der Waals surface area contributed by atoms with Gasteiger partial charge >= 0.3 is 0 Å². The van der Waals surface area contributed by atoms with Crippen LogP contribution in [-0.2, 0) is 24.4 Å². The van der Waals surface area contributed by atoms with Crippen LogP contribution in [-0.4, -0.2) is 40.5 Å². The van der Waals surface area contributed by atoms with E-state index in [2.05, 4.69) is 34.5 Å². The van der Waals surface area contributed by atoms with Gasteiger partial charge in [0.25, 0.3) is 5.91 Å². The molecule has 0 aromatic heterocycles. The van der Waals surface area contributed by atoms with E-state index < -0.39 is 0 Å². The molecule has 36 heavy (non-hydrogen) atoms. The summed E-state index contributed by atoms with van der Waals surface area (Å²) in [5, 5.41) is 3.66. The number of thioether (sulfide) groups is 1. The smallest absolute Gasteiger partial charge is 0.251 e. The molecule has 1 N–H and O–H groups in total. The maximum atomic E-state index is 12.8. The number of amides is 2. The summed E-state index contributed by atoms with van der Waals surface area (Å²) in [6.07, 6.45) is 2.56. The maximum Gasteiger partial charge on any atom is 0.251 e. The van der Waals surface area contributed by atoms with Crippen molar-refractivity contribution >= 4 is 35.2 Å². The Labute approximate surface area is 221 Å². The molecule has 0 unspecified atom stereocenters. The number of rotatable bonds is 8. The molecule has 0 radical (unpaired) electrons. The van der Waals surface area contributed by atoms with Gasteiger partial charge in [0.05, 0.1) is 5.75 Å². The van der Waals surface area contributed by atoms with Crippen molar-refractivity contribution in [3.05, 3.63) is 106 Å². The molecule has 3 aromatic carbocycles. The van der Waals surface area contributed by atoms with Gasteiger partial charge < -0.3 is 10.2 Å². The predicted octanol–water partition coefficient (Wildman–Crippen LogP) is 5.64. The molecule has 2 fully saturated rings. The van der Waals surface area contributed by atoms with Crippen molar-refractivity contribution in [3.63, 3.8) is 0 Å².